The number of para-hydroxylation sites is 1. The molecule has 0 aliphatic heterocycles. The molecule has 116 valence electrons. The van der Waals surface area contributed by atoms with Crippen molar-refractivity contribution < 1.29 is 19.1 Å². The van der Waals surface area contributed by atoms with Crippen LogP contribution in [0.15, 0.2) is 58.0 Å². The van der Waals surface area contributed by atoms with Gasteiger partial charge in [-0.15, -0.1) is 0 Å². The summed E-state index contributed by atoms with van der Waals surface area (Å²) in [6, 6.07) is 13.5. The molecular weight excluding hydrogens is 296 g/mol. The van der Waals surface area contributed by atoms with Crippen molar-refractivity contribution in [1.82, 2.24) is 5.43 Å². The van der Waals surface area contributed by atoms with Crippen LogP contribution in [-0.2, 0) is 0 Å². The van der Waals surface area contributed by atoms with E-state index in [2.05, 4.69) is 10.5 Å². The van der Waals surface area contributed by atoms with E-state index >= 15 is 0 Å². The molecule has 6 nitrogen and oxygen atoms in total. The molecule has 6 heteroatoms. The normalized spacial score (nSPS) is 11.0. The number of hydrogen-bond acceptors (Lipinski definition) is 5. The van der Waals surface area contributed by atoms with Gasteiger partial charge in [0.15, 0.2) is 17.1 Å². The van der Waals surface area contributed by atoms with Crippen molar-refractivity contribution in [2.45, 2.75) is 0 Å². The van der Waals surface area contributed by atoms with E-state index in [1.165, 1.54) is 18.3 Å². The zero-order valence-corrected chi connectivity index (χ0v) is 12.3. The SMILES string of the molecule is COc1cccc2cc(C(=O)N/N=C\c3ccc(O)cc3)oc12. The molecule has 3 rings (SSSR count). The minimum absolute atomic E-state index is 0.146. The van der Waals surface area contributed by atoms with Gasteiger partial charge in [0.05, 0.1) is 13.3 Å². The van der Waals surface area contributed by atoms with Crippen molar-refractivity contribution in [2.75, 3.05) is 7.11 Å². The molecule has 0 spiro atoms. The van der Waals surface area contributed by atoms with Crippen LogP contribution in [-0.4, -0.2) is 24.3 Å². The number of rotatable bonds is 4. The first-order chi connectivity index (χ1) is 11.2. The van der Waals surface area contributed by atoms with Gasteiger partial charge in [-0.3, -0.25) is 4.79 Å². The Bertz CT molecular complexity index is 866. The number of amides is 1. The molecule has 1 amide bonds. The Morgan fingerprint density at radius 2 is 2.04 bits per heavy atom. The predicted molar refractivity (Wildman–Crippen MR) is 85.9 cm³/mol. The molecule has 0 bridgehead atoms. The van der Waals surface area contributed by atoms with Crippen LogP contribution < -0.4 is 10.2 Å². The highest BCUT2D eigenvalue weighted by molar-refractivity contribution is 5.97. The average Bonchev–Trinajstić information content (AvgIpc) is 3.01. The van der Waals surface area contributed by atoms with E-state index in [1.807, 2.05) is 12.1 Å². The summed E-state index contributed by atoms with van der Waals surface area (Å²) in [5.41, 5.74) is 3.66. The molecule has 2 N–H and O–H groups in total. The third-order valence-electron chi connectivity index (χ3n) is 3.22. The predicted octanol–water partition coefficient (Wildman–Crippen LogP) is 2.91. The second kappa shape index (κ2) is 6.23. The highest BCUT2D eigenvalue weighted by Crippen LogP contribution is 2.28. The van der Waals surface area contributed by atoms with Crippen LogP contribution in [0.1, 0.15) is 16.1 Å². The molecule has 1 heterocycles. The van der Waals surface area contributed by atoms with Gasteiger partial charge in [0.1, 0.15) is 5.75 Å². The number of carbonyl (C=O) groups is 1. The summed E-state index contributed by atoms with van der Waals surface area (Å²) in [6.07, 6.45) is 1.47. The molecule has 23 heavy (non-hydrogen) atoms. The zero-order valence-electron chi connectivity index (χ0n) is 12.3. The summed E-state index contributed by atoms with van der Waals surface area (Å²) < 4.78 is 10.7. The maximum atomic E-state index is 12.1. The average molecular weight is 310 g/mol. The van der Waals surface area contributed by atoms with Crippen LogP contribution in [0.3, 0.4) is 0 Å². The second-order valence-electron chi connectivity index (χ2n) is 4.78. The maximum Gasteiger partial charge on any atom is 0.307 e. The third kappa shape index (κ3) is 3.16. The Morgan fingerprint density at radius 3 is 2.78 bits per heavy atom. The molecule has 0 unspecified atom stereocenters. The zero-order chi connectivity index (χ0) is 16.2. The van der Waals surface area contributed by atoms with E-state index in [4.69, 9.17) is 9.15 Å². The molecule has 0 atom stereocenters. The molecular formula is C17H14N2O4. The van der Waals surface area contributed by atoms with Crippen LogP contribution in [0.5, 0.6) is 11.5 Å². The fourth-order valence-corrected chi connectivity index (χ4v) is 2.09. The minimum Gasteiger partial charge on any atom is -0.508 e. The number of furan rings is 1. The molecule has 1 aromatic heterocycles. The van der Waals surface area contributed by atoms with E-state index in [0.29, 0.717) is 11.3 Å². The number of methoxy groups -OCH3 is 1. The lowest BCUT2D eigenvalue weighted by Crippen LogP contribution is -2.16. The Balaban J connectivity index is 1.74. The molecule has 0 fully saturated rings. The molecule has 2 aromatic carbocycles. The summed E-state index contributed by atoms with van der Waals surface area (Å²) in [5.74, 6) is 0.419. The van der Waals surface area contributed by atoms with Gasteiger partial charge in [0.25, 0.3) is 0 Å². The minimum atomic E-state index is -0.460. The summed E-state index contributed by atoms with van der Waals surface area (Å²) in [6.45, 7) is 0. The first-order valence-electron chi connectivity index (χ1n) is 6.86. The monoisotopic (exact) mass is 310 g/mol. The van der Waals surface area contributed by atoms with Gasteiger partial charge < -0.3 is 14.3 Å². The van der Waals surface area contributed by atoms with Crippen molar-refractivity contribution in [1.29, 1.82) is 0 Å². The Kier molecular flexibility index (Phi) is 3.97. The van der Waals surface area contributed by atoms with Gasteiger partial charge in [0, 0.05) is 5.39 Å². The first kappa shape index (κ1) is 14.6. The number of nitrogens with one attached hydrogen (secondary N) is 1. The largest absolute Gasteiger partial charge is 0.508 e. The smallest absolute Gasteiger partial charge is 0.307 e. The molecule has 0 radical (unpaired) electrons. The number of phenols is 1. The number of phenolic OH excluding ortho intramolecular Hbond substituents is 1. The van der Waals surface area contributed by atoms with Gasteiger partial charge >= 0.3 is 5.91 Å². The van der Waals surface area contributed by atoms with Gasteiger partial charge in [0.2, 0.25) is 0 Å². The molecule has 3 aromatic rings. The Hall–Kier alpha value is -3.28. The van der Waals surface area contributed by atoms with Crippen molar-refractivity contribution >= 4 is 23.1 Å². The molecule has 0 saturated heterocycles. The fraction of sp³-hybridized carbons (Fsp3) is 0.0588. The Morgan fingerprint density at radius 1 is 1.26 bits per heavy atom. The summed E-state index contributed by atoms with van der Waals surface area (Å²) in [4.78, 5) is 12.1. The number of hydrogen-bond donors (Lipinski definition) is 2. The topological polar surface area (TPSA) is 84.1 Å². The summed E-state index contributed by atoms with van der Waals surface area (Å²) in [7, 11) is 1.54. The lowest BCUT2D eigenvalue weighted by atomic mass is 10.2. The number of aromatic hydroxyl groups is 1. The van der Waals surface area contributed by atoms with E-state index in [-0.39, 0.29) is 11.5 Å². The van der Waals surface area contributed by atoms with Crippen molar-refractivity contribution in [3.8, 4) is 11.5 Å². The van der Waals surface area contributed by atoms with E-state index < -0.39 is 5.91 Å². The standard InChI is InChI=1S/C17H14N2O4/c1-22-14-4-2-3-12-9-15(23-16(12)14)17(21)19-18-10-11-5-7-13(20)8-6-11/h2-10,20H,1H3,(H,19,21)/b18-10-. The van der Waals surface area contributed by atoms with Crippen LogP contribution in [0.25, 0.3) is 11.0 Å². The number of hydrazone groups is 1. The number of nitrogens with zero attached hydrogens (tertiary/aromatic N) is 1. The number of fused-ring (bicyclic) bond motifs is 1. The van der Waals surface area contributed by atoms with Crippen LogP contribution >= 0.6 is 0 Å². The molecule has 0 aliphatic rings. The fourth-order valence-electron chi connectivity index (χ4n) is 2.09. The van der Waals surface area contributed by atoms with Crippen LogP contribution in [0.4, 0.5) is 0 Å². The summed E-state index contributed by atoms with van der Waals surface area (Å²) in [5, 5.41) is 13.8. The molecule has 0 saturated carbocycles. The quantitative estimate of drug-likeness (QED) is 0.573. The van der Waals surface area contributed by atoms with Crippen LogP contribution in [0, 0.1) is 0 Å². The highest BCUT2D eigenvalue weighted by Gasteiger charge is 2.14. The second-order valence-corrected chi connectivity index (χ2v) is 4.78. The van der Waals surface area contributed by atoms with Crippen molar-refractivity contribution in [3.05, 3.63) is 59.9 Å². The number of benzene rings is 2. The van der Waals surface area contributed by atoms with E-state index in [1.54, 1.807) is 31.4 Å². The molecule has 0 aliphatic carbocycles. The van der Waals surface area contributed by atoms with Crippen molar-refractivity contribution in [3.63, 3.8) is 0 Å². The highest BCUT2D eigenvalue weighted by atomic mass is 16.5. The summed E-state index contributed by atoms with van der Waals surface area (Å²) >= 11 is 0. The lowest BCUT2D eigenvalue weighted by molar-refractivity contribution is 0.0929. The van der Waals surface area contributed by atoms with Gasteiger partial charge in [-0.25, -0.2) is 5.43 Å². The van der Waals surface area contributed by atoms with E-state index in [0.717, 1.165) is 10.9 Å². The number of carbonyl (C=O) groups excluding carboxylic acids is 1. The van der Waals surface area contributed by atoms with Crippen LogP contribution in [0.2, 0.25) is 0 Å². The van der Waals surface area contributed by atoms with E-state index in [9.17, 15) is 9.90 Å². The van der Waals surface area contributed by atoms with Gasteiger partial charge in [-0.05, 0) is 42.0 Å². The number of ether oxygens (including phenoxy) is 1. The van der Waals surface area contributed by atoms with Gasteiger partial charge in [-0.2, -0.15) is 5.10 Å². The maximum absolute atomic E-state index is 12.1. The van der Waals surface area contributed by atoms with Crippen molar-refractivity contribution in [2.24, 2.45) is 5.10 Å². The van der Waals surface area contributed by atoms with Gasteiger partial charge in [-0.1, -0.05) is 12.1 Å². The third-order valence-corrected chi connectivity index (χ3v) is 3.22. The Labute approximate surface area is 132 Å². The lowest BCUT2D eigenvalue weighted by Gasteiger charge is -1.98. The first-order valence-corrected chi connectivity index (χ1v) is 6.86.